The lowest BCUT2D eigenvalue weighted by Gasteiger charge is -2.09. The lowest BCUT2D eigenvalue weighted by atomic mass is 10.1. The maximum atomic E-state index is 12.2. The molecule has 0 radical (unpaired) electrons. The molecule has 2 rings (SSSR count). The number of alkyl halides is 1. The van der Waals surface area contributed by atoms with Crippen LogP contribution in [0.4, 0.5) is 0 Å². The third kappa shape index (κ3) is 3.82. The second-order valence-electron chi connectivity index (χ2n) is 4.57. The molecule has 0 saturated carbocycles. The molecular formula is C16H15BrINO. The Morgan fingerprint density at radius 3 is 2.65 bits per heavy atom. The number of hydrogen-bond acceptors (Lipinski definition) is 1. The average Bonchev–Trinajstić information content (AvgIpc) is 2.48. The fourth-order valence-electron chi connectivity index (χ4n) is 1.92. The van der Waals surface area contributed by atoms with Gasteiger partial charge < -0.3 is 5.32 Å². The van der Waals surface area contributed by atoms with Crippen LogP contribution in [-0.4, -0.2) is 5.91 Å². The van der Waals surface area contributed by atoms with Gasteiger partial charge >= 0.3 is 0 Å². The topological polar surface area (TPSA) is 29.1 Å². The zero-order chi connectivity index (χ0) is 14.5. The number of nitrogens with one attached hydrogen (secondary N) is 1. The van der Waals surface area contributed by atoms with Gasteiger partial charge in [-0.25, -0.2) is 0 Å². The highest BCUT2D eigenvalue weighted by Gasteiger charge is 2.10. The predicted molar refractivity (Wildman–Crippen MR) is 94.1 cm³/mol. The minimum atomic E-state index is -0.0256. The Hall–Kier alpha value is -0.880. The molecule has 0 spiro atoms. The maximum absolute atomic E-state index is 12.2. The number of benzene rings is 2. The quantitative estimate of drug-likeness (QED) is 0.549. The molecule has 0 saturated heterocycles. The Morgan fingerprint density at radius 2 is 1.90 bits per heavy atom. The molecule has 2 aromatic carbocycles. The van der Waals surface area contributed by atoms with Crippen molar-refractivity contribution < 1.29 is 4.79 Å². The molecule has 0 atom stereocenters. The Kier molecular flexibility index (Phi) is 5.60. The van der Waals surface area contributed by atoms with Crippen molar-refractivity contribution in [3.8, 4) is 0 Å². The number of carbonyl (C=O) groups is 1. The van der Waals surface area contributed by atoms with Crippen LogP contribution < -0.4 is 5.32 Å². The van der Waals surface area contributed by atoms with Crippen LogP contribution in [0, 0.1) is 10.5 Å². The van der Waals surface area contributed by atoms with Gasteiger partial charge in [0.25, 0.3) is 5.91 Å². The highest BCUT2D eigenvalue weighted by Crippen LogP contribution is 2.16. The fourth-order valence-corrected chi connectivity index (χ4v) is 2.88. The van der Waals surface area contributed by atoms with E-state index in [1.54, 1.807) is 0 Å². The van der Waals surface area contributed by atoms with Gasteiger partial charge in [-0.1, -0.05) is 52.3 Å². The van der Waals surface area contributed by atoms with Crippen molar-refractivity contribution in [1.29, 1.82) is 0 Å². The summed E-state index contributed by atoms with van der Waals surface area (Å²) in [6.07, 6.45) is 0. The van der Waals surface area contributed by atoms with Gasteiger partial charge in [-0.3, -0.25) is 4.79 Å². The predicted octanol–water partition coefficient (Wildman–Crippen LogP) is 4.42. The molecule has 0 aliphatic rings. The zero-order valence-electron chi connectivity index (χ0n) is 11.1. The van der Waals surface area contributed by atoms with Crippen molar-refractivity contribution in [2.75, 3.05) is 0 Å². The van der Waals surface area contributed by atoms with Crippen LogP contribution in [0.2, 0.25) is 0 Å². The van der Waals surface area contributed by atoms with E-state index >= 15 is 0 Å². The summed E-state index contributed by atoms with van der Waals surface area (Å²) in [6, 6.07) is 14.0. The molecule has 0 heterocycles. The van der Waals surface area contributed by atoms with E-state index in [0.29, 0.717) is 6.54 Å². The fraction of sp³-hybridized carbons (Fsp3) is 0.188. The van der Waals surface area contributed by atoms with Gasteiger partial charge in [0.15, 0.2) is 0 Å². The van der Waals surface area contributed by atoms with Crippen molar-refractivity contribution in [3.05, 3.63) is 68.3 Å². The molecule has 0 fully saturated rings. The second-order valence-corrected chi connectivity index (χ2v) is 6.21. The normalized spacial score (nSPS) is 10.3. The minimum Gasteiger partial charge on any atom is -0.348 e. The van der Waals surface area contributed by atoms with Crippen LogP contribution in [0.5, 0.6) is 0 Å². The molecule has 1 N–H and O–H groups in total. The maximum Gasteiger partial charge on any atom is 0.252 e. The van der Waals surface area contributed by atoms with E-state index in [1.165, 1.54) is 5.56 Å². The number of amides is 1. The molecule has 2 aromatic rings. The van der Waals surface area contributed by atoms with Crippen molar-refractivity contribution in [3.63, 3.8) is 0 Å². The molecular weight excluding hydrogens is 429 g/mol. The van der Waals surface area contributed by atoms with E-state index in [4.69, 9.17) is 0 Å². The van der Waals surface area contributed by atoms with Crippen molar-refractivity contribution in [2.24, 2.45) is 0 Å². The molecule has 0 aromatic heterocycles. The van der Waals surface area contributed by atoms with E-state index in [1.807, 2.05) is 37.3 Å². The van der Waals surface area contributed by atoms with Crippen molar-refractivity contribution in [2.45, 2.75) is 18.8 Å². The lowest BCUT2D eigenvalue weighted by Crippen LogP contribution is -2.23. The first-order chi connectivity index (χ1) is 9.61. The van der Waals surface area contributed by atoms with Gasteiger partial charge in [0.05, 0.1) is 5.56 Å². The molecule has 0 unspecified atom stereocenters. The van der Waals surface area contributed by atoms with E-state index < -0.39 is 0 Å². The summed E-state index contributed by atoms with van der Waals surface area (Å²) in [5.74, 6) is -0.0256. The first-order valence-corrected chi connectivity index (χ1v) is 8.49. The molecule has 0 bridgehead atoms. The summed E-state index contributed by atoms with van der Waals surface area (Å²) >= 11 is 5.66. The molecule has 2 nitrogen and oxygen atoms in total. The van der Waals surface area contributed by atoms with Gasteiger partial charge in [-0.05, 0) is 52.3 Å². The summed E-state index contributed by atoms with van der Waals surface area (Å²) in [7, 11) is 0. The average molecular weight is 444 g/mol. The summed E-state index contributed by atoms with van der Waals surface area (Å²) < 4.78 is 1.01. The van der Waals surface area contributed by atoms with Gasteiger partial charge in [-0.15, -0.1) is 0 Å². The summed E-state index contributed by atoms with van der Waals surface area (Å²) in [5.41, 5.74) is 4.18. The number of halogens is 2. The van der Waals surface area contributed by atoms with Crippen LogP contribution in [0.15, 0.2) is 42.5 Å². The second kappa shape index (κ2) is 7.22. The number of hydrogen-bond donors (Lipinski definition) is 1. The zero-order valence-corrected chi connectivity index (χ0v) is 14.9. The monoisotopic (exact) mass is 443 g/mol. The Morgan fingerprint density at radius 1 is 1.20 bits per heavy atom. The van der Waals surface area contributed by atoms with Gasteiger partial charge in [0, 0.05) is 15.4 Å². The SMILES string of the molecule is Cc1cccc(C(=O)NCc2cccc(CBr)c2)c1I. The van der Waals surface area contributed by atoms with Gasteiger partial charge in [0.2, 0.25) is 0 Å². The van der Waals surface area contributed by atoms with E-state index in [0.717, 1.165) is 25.6 Å². The highest BCUT2D eigenvalue weighted by molar-refractivity contribution is 14.1. The van der Waals surface area contributed by atoms with Crippen molar-refractivity contribution >= 4 is 44.4 Å². The largest absolute Gasteiger partial charge is 0.348 e. The standard InChI is InChI=1S/C16H15BrINO/c1-11-4-2-7-14(15(11)18)16(20)19-10-13-6-3-5-12(8-13)9-17/h2-8H,9-10H2,1H3,(H,19,20). The van der Waals surface area contributed by atoms with Crippen LogP contribution >= 0.6 is 38.5 Å². The first kappa shape index (κ1) is 15.5. The van der Waals surface area contributed by atoms with Gasteiger partial charge in [0.1, 0.15) is 0 Å². The third-order valence-corrected chi connectivity index (χ3v) is 5.11. The number of carbonyl (C=O) groups excluding carboxylic acids is 1. The van der Waals surface area contributed by atoms with Crippen LogP contribution in [0.25, 0.3) is 0 Å². The Balaban J connectivity index is 2.06. The first-order valence-electron chi connectivity index (χ1n) is 6.29. The van der Waals surface area contributed by atoms with Crippen LogP contribution in [-0.2, 0) is 11.9 Å². The Labute approximate surface area is 141 Å². The molecule has 4 heteroatoms. The summed E-state index contributed by atoms with van der Waals surface area (Å²) in [4.78, 5) is 12.2. The van der Waals surface area contributed by atoms with E-state index in [9.17, 15) is 4.79 Å². The molecule has 20 heavy (non-hydrogen) atoms. The smallest absolute Gasteiger partial charge is 0.252 e. The molecule has 0 aliphatic carbocycles. The Bertz CT molecular complexity index is 628. The number of rotatable bonds is 4. The molecule has 104 valence electrons. The lowest BCUT2D eigenvalue weighted by molar-refractivity contribution is 0.0950. The van der Waals surface area contributed by atoms with E-state index in [2.05, 4.69) is 56.0 Å². The summed E-state index contributed by atoms with van der Waals surface area (Å²) in [6.45, 7) is 2.56. The van der Waals surface area contributed by atoms with Crippen LogP contribution in [0.3, 0.4) is 0 Å². The minimum absolute atomic E-state index is 0.0256. The highest BCUT2D eigenvalue weighted by atomic mass is 127. The summed E-state index contributed by atoms with van der Waals surface area (Å²) in [5, 5.41) is 3.80. The third-order valence-electron chi connectivity index (χ3n) is 3.04. The van der Waals surface area contributed by atoms with Crippen LogP contribution in [0.1, 0.15) is 27.0 Å². The van der Waals surface area contributed by atoms with E-state index in [-0.39, 0.29) is 5.91 Å². The van der Waals surface area contributed by atoms with Crippen molar-refractivity contribution in [1.82, 2.24) is 5.32 Å². The molecule has 0 aliphatic heterocycles. The number of aryl methyl sites for hydroxylation is 1. The van der Waals surface area contributed by atoms with Gasteiger partial charge in [-0.2, -0.15) is 0 Å². The molecule has 1 amide bonds.